The molecule has 6 heteroatoms. The smallest absolute Gasteiger partial charge is 0.244 e. The van der Waals surface area contributed by atoms with Crippen molar-refractivity contribution in [2.45, 2.75) is 18.4 Å². The fourth-order valence-electron chi connectivity index (χ4n) is 1.93. The molecule has 1 aromatic rings. The van der Waals surface area contributed by atoms with Crippen molar-refractivity contribution >= 4 is 27.5 Å². The van der Waals surface area contributed by atoms with Gasteiger partial charge in [-0.05, 0) is 31.0 Å². The van der Waals surface area contributed by atoms with Crippen LogP contribution in [0.3, 0.4) is 0 Å². The third kappa shape index (κ3) is 3.13. The molecule has 0 aromatic heterocycles. The number of amides is 1. The van der Waals surface area contributed by atoms with E-state index in [-0.39, 0.29) is 5.91 Å². The zero-order valence-electron chi connectivity index (χ0n) is 10.3. The Kier molecular flexibility index (Phi) is 4.20. The Labute approximate surface area is 119 Å². The van der Waals surface area contributed by atoms with E-state index in [0.29, 0.717) is 37.3 Å². The predicted octanol–water partition coefficient (Wildman–Crippen LogP) is 1.77. The Bertz CT molecular complexity index is 533. The van der Waals surface area contributed by atoms with Crippen LogP contribution in [-0.4, -0.2) is 24.7 Å². The van der Waals surface area contributed by atoms with Crippen LogP contribution in [-0.2, 0) is 9.53 Å². The van der Waals surface area contributed by atoms with Crippen LogP contribution in [0.25, 0.3) is 0 Å². The van der Waals surface area contributed by atoms with E-state index >= 15 is 0 Å². The fourth-order valence-corrected chi connectivity index (χ4v) is 2.29. The van der Waals surface area contributed by atoms with E-state index in [2.05, 4.69) is 21.2 Å². The second-order valence-corrected chi connectivity index (χ2v) is 5.44. The van der Waals surface area contributed by atoms with Crippen molar-refractivity contribution in [2.24, 2.45) is 5.73 Å². The van der Waals surface area contributed by atoms with Crippen LogP contribution < -0.4 is 11.1 Å². The number of carbonyl (C=O) groups excluding carboxylic acids is 1. The maximum Gasteiger partial charge on any atom is 0.244 e. The molecule has 0 radical (unpaired) electrons. The summed E-state index contributed by atoms with van der Waals surface area (Å²) in [6.45, 7) is 0.959. The van der Waals surface area contributed by atoms with Crippen LogP contribution in [0.1, 0.15) is 18.4 Å². The van der Waals surface area contributed by atoms with Gasteiger partial charge in [-0.1, -0.05) is 15.9 Å². The highest BCUT2D eigenvalue weighted by Gasteiger charge is 2.36. The lowest BCUT2D eigenvalue weighted by molar-refractivity contribution is -0.124. The van der Waals surface area contributed by atoms with Gasteiger partial charge in [0, 0.05) is 17.7 Å². The molecule has 3 N–H and O–H groups in total. The van der Waals surface area contributed by atoms with Crippen LogP contribution in [0.15, 0.2) is 22.7 Å². The number of nitrogens with two attached hydrogens (primary N) is 1. The highest BCUT2D eigenvalue weighted by molar-refractivity contribution is 9.10. The lowest BCUT2D eigenvalue weighted by Gasteiger charge is -2.31. The summed E-state index contributed by atoms with van der Waals surface area (Å²) in [6, 6.07) is 7.13. The molecule has 1 aliphatic rings. The first kappa shape index (κ1) is 14.0. The number of hydrogen-bond acceptors (Lipinski definition) is 4. The van der Waals surface area contributed by atoms with Gasteiger partial charge in [0.05, 0.1) is 11.3 Å². The van der Waals surface area contributed by atoms with Gasteiger partial charge in [0.25, 0.3) is 0 Å². The minimum Gasteiger partial charge on any atom is -0.381 e. The van der Waals surface area contributed by atoms with Crippen molar-refractivity contribution < 1.29 is 9.53 Å². The van der Waals surface area contributed by atoms with E-state index in [1.54, 1.807) is 18.2 Å². The number of benzene rings is 1. The van der Waals surface area contributed by atoms with Gasteiger partial charge in [0.15, 0.2) is 0 Å². The summed E-state index contributed by atoms with van der Waals surface area (Å²) in [5.74, 6) is -0.273. The van der Waals surface area contributed by atoms with Gasteiger partial charge in [-0.2, -0.15) is 5.26 Å². The van der Waals surface area contributed by atoms with Gasteiger partial charge in [-0.25, -0.2) is 0 Å². The minimum absolute atomic E-state index is 0.273. The quantitative estimate of drug-likeness (QED) is 0.868. The van der Waals surface area contributed by atoms with E-state index in [1.807, 2.05) is 6.07 Å². The number of anilines is 1. The third-order valence-electron chi connectivity index (χ3n) is 3.19. The number of halogens is 1. The Hall–Kier alpha value is -1.42. The topological polar surface area (TPSA) is 88.1 Å². The summed E-state index contributed by atoms with van der Waals surface area (Å²) >= 11 is 3.31. The molecular formula is C13H14BrN3O2. The zero-order valence-corrected chi connectivity index (χ0v) is 11.9. The van der Waals surface area contributed by atoms with Crippen LogP contribution in [0.5, 0.6) is 0 Å². The number of nitrogens with one attached hydrogen (secondary N) is 1. The summed E-state index contributed by atoms with van der Waals surface area (Å²) < 4.78 is 6.00. The second-order valence-electron chi connectivity index (χ2n) is 4.52. The molecule has 5 nitrogen and oxygen atoms in total. The summed E-state index contributed by atoms with van der Waals surface area (Å²) in [5.41, 5.74) is 6.05. The molecule has 0 bridgehead atoms. The Morgan fingerprint density at radius 1 is 1.47 bits per heavy atom. The first-order valence-corrected chi connectivity index (χ1v) is 6.72. The highest BCUT2D eigenvalue weighted by Crippen LogP contribution is 2.24. The largest absolute Gasteiger partial charge is 0.381 e. The molecule has 0 atom stereocenters. The number of ether oxygens (including phenoxy) is 1. The number of rotatable bonds is 2. The molecule has 0 spiro atoms. The predicted molar refractivity (Wildman–Crippen MR) is 74.5 cm³/mol. The van der Waals surface area contributed by atoms with E-state index < -0.39 is 5.54 Å². The van der Waals surface area contributed by atoms with Crippen LogP contribution >= 0.6 is 15.9 Å². The van der Waals surface area contributed by atoms with Gasteiger partial charge >= 0.3 is 0 Å². The number of nitrogens with zero attached hydrogens (tertiary/aromatic N) is 1. The van der Waals surface area contributed by atoms with Gasteiger partial charge in [-0.3, -0.25) is 4.79 Å². The summed E-state index contributed by atoms with van der Waals surface area (Å²) in [7, 11) is 0. The molecule has 1 aromatic carbocycles. The lowest BCUT2D eigenvalue weighted by atomic mass is 9.90. The highest BCUT2D eigenvalue weighted by atomic mass is 79.9. The van der Waals surface area contributed by atoms with E-state index in [4.69, 9.17) is 15.7 Å². The Morgan fingerprint density at radius 3 is 2.79 bits per heavy atom. The second kappa shape index (κ2) is 5.70. The van der Waals surface area contributed by atoms with Crippen LogP contribution in [0, 0.1) is 11.3 Å². The number of nitriles is 1. The van der Waals surface area contributed by atoms with Gasteiger partial charge in [0.2, 0.25) is 5.91 Å². The molecule has 1 amide bonds. The Balaban J connectivity index is 2.19. The summed E-state index contributed by atoms with van der Waals surface area (Å²) in [6.07, 6.45) is 0.962. The van der Waals surface area contributed by atoms with Gasteiger partial charge < -0.3 is 15.8 Å². The van der Waals surface area contributed by atoms with Crippen molar-refractivity contribution in [3.8, 4) is 6.07 Å². The van der Waals surface area contributed by atoms with Crippen molar-refractivity contribution in [1.29, 1.82) is 5.26 Å². The molecule has 1 saturated heterocycles. The van der Waals surface area contributed by atoms with Gasteiger partial charge in [-0.15, -0.1) is 0 Å². The van der Waals surface area contributed by atoms with Crippen molar-refractivity contribution in [1.82, 2.24) is 0 Å². The van der Waals surface area contributed by atoms with E-state index in [9.17, 15) is 4.79 Å². The van der Waals surface area contributed by atoms with Crippen molar-refractivity contribution in [3.63, 3.8) is 0 Å². The molecule has 19 heavy (non-hydrogen) atoms. The van der Waals surface area contributed by atoms with Crippen LogP contribution in [0.2, 0.25) is 0 Å². The molecule has 2 rings (SSSR count). The van der Waals surface area contributed by atoms with E-state index in [1.165, 1.54) is 0 Å². The maximum absolute atomic E-state index is 12.3. The molecular weight excluding hydrogens is 310 g/mol. The van der Waals surface area contributed by atoms with Crippen LogP contribution in [0.4, 0.5) is 5.69 Å². The standard InChI is InChI=1S/C13H14BrN3O2/c14-10-2-1-9(8-15)11(7-10)17-12(18)13(16)3-5-19-6-4-13/h1-2,7H,3-6,16H2,(H,17,18). The molecule has 0 unspecified atom stereocenters. The lowest BCUT2D eigenvalue weighted by Crippen LogP contribution is -2.54. The van der Waals surface area contributed by atoms with Crippen molar-refractivity contribution in [3.05, 3.63) is 28.2 Å². The Morgan fingerprint density at radius 2 is 2.16 bits per heavy atom. The zero-order chi connectivity index (χ0) is 13.9. The summed E-state index contributed by atoms with van der Waals surface area (Å²) in [4.78, 5) is 12.3. The first-order chi connectivity index (χ1) is 9.05. The molecule has 0 saturated carbocycles. The summed E-state index contributed by atoms with van der Waals surface area (Å²) in [5, 5.41) is 11.8. The third-order valence-corrected chi connectivity index (χ3v) is 3.68. The SMILES string of the molecule is N#Cc1ccc(Br)cc1NC(=O)C1(N)CCOCC1. The molecule has 1 heterocycles. The molecule has 1 aliphatic heterocycles. The minimum atomic E-state index is -0.923. The molecule has 100 valence electrons. The normalized spacial score (nSPS) is 17.5. The fraction of sp³-hybridized carbons (Fsp3) is 0.385. The first-order valence-electron chi connectivity index (χ1n) is 5.93. The van der Waals surface area contributed by atoms with Gasteiger partial charge in [0.1, 0.15) is 11.6 Å². The van der Waals surface area contributed by atoms with Crippen molar-refractivity contribution in [2.75, 3.05) is 18.5 Å². The average molecular weight is 324 g/mol. The van der Waals surface area contributed by atoms with E-state index in [0.717, 1.165) is 4.47 Å². The number of hydrogen-bond donors (Lipinski definition) is 2. The maximum atomic E-state index is 12.3. The molecule has 0 aliphatic carbocycles. The average Bonchev–Trinajstić information content (AvgIpc) is 2.40. The number of carbonyl (C=O) groups is 1. The monoisotopic (exact) mass is 323 g/mol. The molecule has 1 fully saturated rings.